The molecule has 1 atom stereocenters. The highest BCUT2D eigenvalue weighted by atomic mass is 16.5. The monoisotopic (exact) mass is 250 g/mol. The van der Waals surface area contributed by atoms with Gasteiger partial charge in [-0.1, -0.05) is 0 Å². The SMILES string of the molecule is COc1ccc(OC)c(C2CCNCCN2C)c1. The van der Waals surface area contributed by atoms with Crippen molar-refractivity contribution in [3.63, 3.8) is 0 Å². The Morgan fingerprint density at radius 2 is 2.06 bits per heavy atom. The lowest BCUT2D eigenvalue weighted by molar-refractivity contribution is 0.250. The number of rotatable bonds is 3. The molecule has 1 aromatic carbocycles. The Bertz CT molecular complexity index is 395. The molecule has 1 aliphatic rings. The summed E-state index contributed by atoms with van der Waals surface area (Å²) in [6.45, 7) is 3.12. The second-order valence-corrected chi connectivity index (χ2v) is 4.64. The number of hydrogen-bond acceptors (Lipinski definition) is 4. The lowest BCUT2D eigenvalue weighted by atomic mass is 10.0. The third kappa shape index (κ3) is 2.76. The number of benzene rings is 1. The van der Waals surface area contributed by atoms with Crippen LogP contribution in [0.3, 0.4) is 0 Å². The summed E-state index contributed by atoms with van der Waals surface area (Å²) in [5, 5.41) is 3.43. The van der Waals surface area contributed by atoms with E-state index in [9.17, 15) is 0 Å². The molecule has 100 valence electrons. The van der Waals surface area contributed by atoms with Gasteiger partial charge in [0.05, 0.1) is 14.2 Å². The van der Waals surface area contributed by atoms with Gasteiger partial charge in [-0.3, -0.25) is 4.90 Å². The first-order chi connectivity index (χ1) is 8.76. The van der Waals surface area contributed by atoms with Gasteiger partial charge in [-0.25, -0.2) is 0 Å². The molecule has 1 heterocycles. The van der Waals surface area contributed by atoms with E-state index in [1.54, 1.807) is 14.2 Å². The molecule has 1 N–H and O–H groups in total. The molecular weight excluding hydrogens is 228 g/mol. The van der Waals surface area contributed by atoms with Crippen LogP contribution in [-0.2, 0) is 0 Å². The van der Waals surface area contributed by atoms with E-state index in [1.165, 1.54) is 5.56 Å². The first kappa shape index (κ1) is 13.2. The smallest absolute Gasteiger partial charge is 0.123 e. The maximum atomic E-state index is 5.48. The van der Waals surface area contributed by atoms with Gasteiger partial charge in [0, 0.05) is 24.7 Å². The van der Waals surface area contributed by atoms with Gasteiger partial charge in [-0.15, -0.1) is 0 Å². The maximum absolute atomic E-state index is 5.48. The molecule has 0 amide bonds. The predicted molar refractivity (Wildman–Crippen MR) is 72.4 cm³/mol. The summed E-state index contributed by atoms with van der Waals surface area (Å²) in [4.78, 5) is 2.37. The molecule has 1 aliphatic heterocycles. The van der Waals surface area contributed by atoms with Gasteiger partial charge in [-0.2, -0.15) is 0 Å². The summed E-state index contributed by atoms with van der Waals surface area (Å²) in [7, 11) is 5.58. The lowest BCUT2D eigenvalue weighted by Crippen LogP contribution is -2.27. The minimum Gasteiger partial charge on any atom is -0.497 e. The third-order valence-electron chi connectivity index (χ3n) is 3.56. The van der Waals surface area contributed by atoms with E-state index in [2.05, 4.69) is 23.3 Å². The molecule has 18 heavy (non-hydrogen) atoms. The molecule has 1 fully saturated rings. The molecule has 1 unspecified atom stereocenters. The zero-order valence-electron chi connectivity index (χ0n) is 11.4. The second kappa shape index (κ2) is 6.07. The van der Waals surface area contributed by atoms with Crippen LogP contribution in [-0.4, -0.2) is 45.8 Å². The van der Waals surface area contributed by atoms with Crippen LogP contribution >= 0.6 is 0 Å². The normalized spacial score (nSPS) is 21.4. The van der Waals surface area contributed by atoms with Gasteiger partial charge in [-0.05, 0) is 38.2 Å². The fourth-order valence-electron chi connectivity index (χ4n) is 2.49. The molecule has 0 saturated carbocycles. The van der Waals surface area contributed by atoms with E-state index in [4.69, 9.17) is 9.47 Å². The van der Waals surface area contributed by atoms with Crippen LogP contribution < -0.4 is 14.8 Å². The number of hydrogen-bond donors (Lipinski definition) is 1. The summed E-state index contributed by atoms with van der Waals surface area (Å²) in [6.07, 6.45) is 1.08. The standard InChI is InChI=1S/C14H22N2O2/c1-16-9-8-15-7-6-13(16)12-10-11(17-2)4-5-14(12)18-3/h4-5,10,13,15H,6-9H2,1-3H3. The molecular formula is C14H22N2O2. The summed E-state index contributed by atoms with van der Waals surface area (Å²) < 4.78 is 10.8. The first-order valence-electron chi connectivity index (χ1n) is 6.39. The Morgan fingerprint density at radius 3 is 2.78 bits per heavy atom. The van der Waals surface area contributed by atoms with E-state index < -0.39 is 0 Å². The van der Waals surface area contributed by atoms with Gasteiger partial charge in [0.25, 0.3) is 0 Å². The summed E-state index contributed by atoms with van der Waals surface area (Å²) in [5.41, 5.74) is 1.21. The van der Waals surface area contributed by atoms with E-state index >= 15 is 0 Å². The zero-order chi connectivity index (χ0) is 13.0. The lowest BCUT2D eigenvalue weighted by Gasteiger charge is -2.27. The number of nitrogens with one attached hydrogen (secondary N) is 1. The molecule has 0 spiro atoms. The number of methoxy groups -OCH3 is 2. The van der Waals surface area contributed by atoms with Gasteiger partial charge in [0.15, 0.2) is 0 Å². The molecule has 0 aliphatic carbocycles. The van der Waals surface area contributed by atoms with Crippen molar-refractivity contribution in [1.29, 1.82) is 0 Å². The van der Waals surface area contributed by atoms with Gasteiger partial charge in [0.1, 0.15) is 11.5 Å². The number of nitrogens with zero attached hydrogens (tertiary/aromatic N) is 1. The molecule has 4 nitrogen and oxygen atoms in total. The predicted octanol–water partition coefficient (Wildman–Crippen LogP) is 1.67. The Hall–Kier alpha value is -1.26. The van der Waals surface area contributed by atoms with Crippen molar-refractivity contribution in [1.82, 2.24) is 10.2 Å². The fourth-order valence-corrected chi connectivity index (χ4v) is 2.49. The number of likely N-dealkylation sites (N-methyl/N-ethyl adjacent to an activating group) is 1. The molecule has 2 rings (SSSR count). The van der Waals surface area contributed by atoms with Crippen LogP contribution in [0, 0.1) is 0 Å². The summed E-state index contributed by atoms with van der Waals surface area (Å²) in [6, 6.07) is 6.40. The molecule has 0 bridgehead atoms. The average molecular weight is 250 g/mol. The largest absolute Gasteiger partial charge is 0.497 e. The van der Waals surface area contributed by atoms with Crippen LogP contribution in [0.15, 0.2) is 18.2 Å². The minimum absolute atomic E-state index is 0.380. The summed E-state index contributed by atoms with van der Waals surface area (Å²) in [5.74, 6) is 1.82. The first-order valence-corrected chi connectivity index (χ1v) is 6.39. The Labute approximate surface area is 109 Å². The Kier molecular flexibility index (Phi) is 4.44. The van der Waals surface area contributed by atoms with Crippen molar-refractivity contribution >= 4 is 0 Å². The van der Waals surface area contributed by atoms with Crippen LogP contribution in [0.5, 0.6) is 11.5 Å². The van der Waals surface area contributed by atoms with Crippen LogP contribution in [0.1, 0.15) is 18.0 Å². The number of ether oxygens (including phenoxy) is 2. The molecule has 0 aromatic heterocycles. The Balaban J connectivity index is 2.33. The molecule has 1 saturated heterocycles. The maximum Gasteiger partial charge on any atom is 0.123 e. The van der Waals surface area contributed by atoms with Crippen LogP contribution in [0.4, 0.5) is 0 Å². The van der Waals surface area contributed by atoms with Crippen molar-refractivity contribution in [2.75, 3.05) is 40.9 Å². The van der Waals surface area contributed by atoms with Gasteiger partial charge in [0.2, 0.25) is 0 Å². The van der Waals surface area contributed by atoms with Crippen molar-refractivity contribution in [3.8, 4) is 11.5 Å². The highest BCUT2D eigenvalue weighted by Crippen LogP contribution is 2.34. The average Bonchev–Trinajstić information content (AvgIpc) is 2.62. The molecule has 0 radical (unpaired) electrons. The quantitative estimate of drug-likeness (QED) is 0.885. The molecule has 1 aromatic rings. The van der Waals surface area contributed by atoms with E-state index in [0.29, 0.717) is 6.04 Å². The van der Waals surface area contributed by atoms with E-state index in [0.717, 1.165) is 37.6 Å². The summed E-state index contributed by atoms with van der Waals surface area (Å²) >= 11 is 0. The highest BCUT2D eigenvalue weighted by molar-refractivity contribution is 5.42. The van der Waals surface area contributed by atoms with Gasteiger partial charge < -0.3 is 14.8 Å². The van der Waals surface area contributed by atoms with Crippen LogP contribution in [0.25, 0.3) is 0 Å². The minimum atomic E-state index is 0.380. The van der Waals surface area contributed by atoms with E-state index in [-0.39, 0.29) is 0 Å². The van der Waals surface area contributed by atoms with E-state index in [1.807, 2.05) is 12.1 Å². The fraction of sp³-hybridized carbons (Fsp3) is 0.571. The van der Waals surface area contributed by atoms with Crippen molar-refractivity contribution < 1.29 is 9.47 Å². The zero-order valence-corrected chi connectivity index (χ0v) is 11.4. The van der Waals surface area contributed by atoms with Crippen molar-refractivity contribution in [3.05, 3.63) is 23.8 Å². The Morgan fingerprint density at radius 1 is 1.22 bits per heavy atom. The second-order valence-electron chi connectivity index (χ2n) is 4.64. The topological polar surface area (TPSA) is 33.7 Å². The van der Waals surface area contributed by atoms with Crippen molar-refractivity contribution in [2.45, 2.75) is 12.5 Å². The van der Waals surface area contributed by atoms with Gasteiger partial charge >= 0.3 is 0 Å². The molecule has 4 heteroatoms. The van der Waals surface area contributed by atoms with Crippen LogP contribution in [0.2, 0.25) is 0 Å². The van der Waals surface area contributed by atoms with Crippen molar-refractivity contribution in [2.24, 2.45) is 0 Å². The highest BCUT2D eigenvalue weighted by Gasteiger charge is 2.22. The third-order valence-corrected chi connectivity index (χ3v) is 3.56.